The Labute approximate surface area is 168 Å². The smallest absolute Gasteiger partial charge is 0.251 e. The molecule has 1 saturated heterocycles. The molecule has 1 N–H and O–H groups in total. The predicted molar refractivity (Wildman–Crippen MR) is 111 cm³/mol. The third kappa shape index (κ3) is 4.65. The van der Waals surface area contributed by atoms with Gasteiger partial charge < -0.3 is 19.5 Å². The summed E-state index contributed by atoms with van der Waals surface area (Å²) in [6.45, 7) is 0.332. The van der Waals surface area contributed by atoms with Crippen molar-refractivity contribution in [3.05, 3.63) is 53.1 Å². The largest absolute Gasteiger partial charge is 0.496 e. The van der Waals surface area contributed by atoms with Gasteiger partial charge in [-0.2, -0.15) is 0 Å². The van der Waals surface area contributed by atoms with Gasteiger partial charge in [-0.1, -0.05) is 12.1 Å². The zero-order valence-electron chi connectivity index (χ0n) is 15.6. The normalized spacial score (nSPS) is 14.0. The Balaban J connectivity index is 1.68. The molecule has 0 atom stereocenters. The first-order chi connectivity index (χ1) is 13.2. The van der Waals surface area contributed by atoms with Gasteiger partial charge in [0.15, 0.2) is 11.5 Å². The Hall–Kier alpha value is -1.99. The second-order valence-electron chi connectivity index (χ2n) is 5.90. The Kier molecular flexibility index (Phi) is 6.79. The summed E-state index contributed by atoms with van der Waals surface area (Å²) in [5, 5.41) is 2.94. The van der Waals surface area contributed by atoms with Crippen molar-refractivity contribution in [3.63, 3.8) is 0 Å². The van der Waals surface area contributed by atoms with E-state index in [1.807, 2.05) is 53.9 Å². The summed E-state index contributed by atoms with van der Waals surface area (Å²) in [6.07, 6.45) is 0. The lowest BCUT2D eigenvalue weighted by atomic mass is 10.1. The van der Waals surface area contributed by atoms with Crippen LogP contribution >= 0.6 is 23.5 Å². The first-order valence-electron chi connectivity index (χ1n) is 8.56. The predicted octanol–water partition coefficient (Wildman–Crippen LogP) is 4.12. The molecule has 0 aromatic heterocycles. The standard InChI is InChI=1S/C20H23NO4S2/c1-23-16-11-18(25-3)17(24-2)10-15(16)12-21-19(22)13-4-6-14(7-5-13)20-26-8-9-27-20/h4-7,10-11,20H,8-9,12H2,1-3H3,(H,21,22). The number of hydrogen-bond donors (Lipinski definition) is 1. The van der Waals surface area contributed by atoms with Crippen molar-refractivity contribution in [1.82, 2.24) is 5.32 Å². The van der Waals surface area contributed by atoms with Crippen molar-refractivity contribution >= 4 is 29.4 Å². The van der Waals surface area contributed by atoms with Crippen LogP contribution in [0.4, 0.5) is 0 Å². The van der Waals surface area contributed by atoms with Crippen LogP contribution in [-0.4, -0.2) is 38.7 Å². The summed E-state index contributed by atoms with van der Waals surface area (Å²) in [4.78, 5) is 12.5. The number of methoxy groups -OCH3 is 3. The molecule has 27 heavy (non-hydrogen) atoms. The monoisotopic (exact) mass is 405 g/mol. The van der Waals surface area contributed by atoms with E-state index in [0.29, 0.717) is 33.9 Å². The molecule has 0 aliphatic carbocycles. The molecule has 144 valence electrons. The number of rotatable bonds is 7. The number of benzene rings is 2. The molecular formula is C20H23NO4S2. The fourth-order valence-corrected chi connectivity index (χ4v) is 5.71. The first-order valence-corrected chi connectivity index (χ1v) is 10.7. The molecule has 1 heterocycles. The van der Waals surface area contributed by atoms with E-state index in [0.717, 1.165) is 5.56 Å². The van der Waals surface area contributed by atoms with Gasteiger partial charge in [0, 0.05) is 35.2 Å². The van der Waals surface area contributed by atoms with Crippen LogP contribution in [0.2, 0.25) is 0 Å². The Bertz CT molecular complexity index is 789. The summed E-state index contributed by atoms with van der Waals surface area (Å²) >= 11 is 3.91. The van der Waals surface area contributed by atoms with Gasteiger partial charge in [0.1, 0.15) is 5.75 Å². The molecule has 2 aromatic rings. The number of hydrogen-bond acceptors (Lipinski definition) is 6. The molecule has 1 aliphatic heterocycles. The maximum atomic E-state index is 12.5. The average Bonchev–Trinajstić information content (AvgIpc) is 3.26. The third-order valence-electron chi connectivity index (χ3n) is 4.29. The lowest BCUT2D eigenvalue weighted by molar-refractivity contribution is 0.0950. The number of carbonyl (C=O) groups excluding carboxylic acids is 1. The minimum absolute atomic E-state index is 0.120. The summed E-state index contributed by atoms with van der Waals surface area (Å²) in [7, 11) is 4.74. The molecule has 3 rings (SSSR count). The first kappa shape index (κ1) is 19.8. The Morgan fingerprint density at radius 1 is 0.963 bits per heavy atom. The third-order valence-corrected chi connectivity index (χ3v) is 7.40. The van der Waals surface area contributed by atoms with Gasteiger partial charge >= 0.3 is 0 Å². The van der Waals surface area contributed by atoms with Gasteiger partial charge in [-0.05, 0) is 23.8 Å². The van der Waals surface area contributed by atoms with E-state index in [1.54, 1.807) is 27.4 Å². The molecular weight excluding hydrogens is 382 g/mol. The van der Waals surface area contributed by atoms with Gasteiger partial charge in [-0.15, -0.1) is 23.5 Å². The van der Waals surface area contributed by atoms with E-state index in [1.165, 1.54) is 17.1 Å². The lowest BCUT2D eigenvalue weighted by Crippen LogP contribution is -2.23. The number of thioether (sulfide) groups is 2. The molecule has 1 amide bonds. The highest BCUT2D eigenvalue weighted by atomic mass is 32.2. The fraction of sp³-hybridized carbons (Fsp3) is 0.350. The Morgan fingerprint density at radius 2 is 1.56 bits per heavy atom. The minimum Gasteiger partial charge on any atom is -0.496 e. The fourth-order valence-electron chi connectivity index (χ4n) is 2.85. The number of amides is 1. The molecule has 0 bridgehead atoms. The molecule has 0 saturated carbocycles. The highest BCUT2D eigenvalue weighted by molar-refractivity contribution is 8.19. The van der Waals surface area contributed by atoms with Crippen LogP contribution in [0, 0.1) is 0 Å². The zero-order valence-corrected chi connectivity index (χ0v) is 17.2. The summed E-state index contributed by atoms with van der Waals surface area (Å²) < 4.78 is 16.5. The van der Waals surface area contributed by atoms with Gasteiger partial charge in [0.25, 0.3) is 5.91 Å². The quantitative estimate of drug-likeness (QED) is 0.748. The van der Waals surface area contributed by atoms with Crippen LogP contribution in [-0.2, 0) is 6.54 Å². The van der Waals surface area contributed by atoms with Crippen molar-refractivity contribution in [2.45, 2.75) is 11.1 Å². The van der Waals surface area contributed by atoms with Crippen molar-refractivity contribution in [1.29, 1.82) is 0 Å². The molecule has 1 fully saturated rings. The van der Waals surface area contributed by atoms with Crippen LogP contribution in [0.1, 0.15) is 26.1 Å². The maximum absolute atomic E-state index is 12.5. The molecule has 0 unspecified atom stereocenters. The highest BCUT2D eigenvalue weighted by Crippen LogP contribution is 2.45. The average molecular weight is 406 g/mol. The molecule has 0 spiro atoms. The minimum atomic E-state index is -0.120. The van der Waals surface area contributed by atoms with E-state index in [-0.39, 0.29) is 5.91 Å². The van der Waals surface area contributed by atoms with Crippen molar-refractivity contribution in [2.75, 3.05) is 32.8 Å². The van der Waals surface area contributed by atoms with Crippen LogP contribution in [0.5, 0.6) is 17.2 Å². The van der Waals surface area contributed by atoms with Crippen LogP contribution in [0.25, 0.3) is 0 Å². The van der Waals surface area contributed by atoms with Gasteiger partial charge in [-0.3, -0.25) is 4.79 Å². The van der Waals surface area contributed by atoms with Crippen molar-refractivity contribution < 1.29 is 19.0 Å². The molecule has 1 aliphatic rings. The highest BCUT2D eigenvalue weighted by Gasteiger charge is 2.18. The molecule has 5 nitrogen and oxygen atoms in total. The second-order valence-corrected chi connectivity index (χ2v) is 8.62. The van der Waals surface area contributed by atoms with E-state index in [9.17, 15) is 4.79 Å². The van der Waals surface area contributed by atoms with Crippen molar-refractivity contribution in [3.8, 4) is 17.2 Å². The van der Waals surface area contributed by atoms with Gasteiger partial charge in [0.2, 0.25) is 0 Å². The molecule has 2 aromatic carbocycles. The molecule has 0 radical (unpaired) electrons. The number of nitrogens with one attached hydrogen (secondary N) is 1. The second kappa shape index (κ2) is 9.28. The Morgan fingerprint density at radius 3 is 2.15 bits per heavy atom. The summed E-state index contributed by atoms with van der Waals surface area (Å²) in [5.41, 5.74) is 2.73. The lowest BCUT2D eigenvalue weighted by Gasteiger charge is -2.15. The van der Waals surface area contributed by atoms with Crippen molar-refractivity contribution in [2.24, 2.45) is 0 Å². The zero-order chi connectivity index (χ0) is 19.2. The van der Waals surface area contributed by atoms with Gasteiger partial charge in [-0.25, -0.2) is 0 Å². The number of carbonyl (C=O) groups is 1. The van der Waals surface area contributed by atoms with Crippen LogP contribution in [0.3, 0.4) is 0 Å². The van der Waals surface area contributed by atoms with Gasteiger partial charge in [0.05, 0.1) is 25.9 Å². The maximum Gasteiger partial charge on any atom is 0.251 e. The SMILES string of the molecule is COc1cc(OC)c(OC)cc1CNC(=O)c1ccc(C2SCCS2)cc1. The summed E-state index contributed by atoms with van der Waals surface area (Å²) in [6, 6.07) is 11.4. The number of ether oxygens (including phenoxy) is 3. The summed E-state index contributed by atoms with van der Waals surface area (Å²) in [5.74, 6) is 4.07. The van der Waals surface area contributed by atoms with E-state index < -0.39 is 0 Å². The molecule has 7 heteroatoms. The van der Waals surface area contributed by atoms with Crippen LogP contribution in [0.15, 0.2) is 36.4 Å². The van der Waals surface area contributed by atoms with E-state index in [4.69, 9.17) is 14.2 Å². The van der Waals surface area contributed by atoms with E-state index >= 15 is 0 Å². The van der Waals surface area contributed by atoms with Crippen LogP contribution < -0.4 is 19.5 Å². The topological polar surface area (TPSA) is 56.8 Å². The van der Waals surface area contributed by atoms with E-state index in [2.05, 4.69) is 5.32 Å².